The minimum Gasteiger partial charge on any atom is -0.489 e. The van der Waals surface area contributed by atoms with Gasteiger partial charge in [0.25, 0.3) is 0 Å². The third kappa shape index (κ3) is 6.12. The topological polar surface area (TPSA) is 91.1 Å². The number of nitrogens with one attached hydrogen (secondary N) is 4. The molecule has 206 valence electrons. The zero-order valence-corrected chi connectivity index (χ0v) is 24.2. The number of H-pyrrole nitrogens is 1. The van der Waals surface area contributed by atoms with Gasteiger partial charge in [-0.15, -0.1) is 0 Å². The molecule has 1 aliphatic heterocycles. The Morgan fingerprint density at radius 3 is 2.49 bits per heavy atom. The summed E-state index contributed by atoms with van der Waals surface area (Å²) in [6.07, 6.45) is 4.20. The van der Waals surface area contributed by atoms with Crippen molar-refractivity contribution < 1.29 is 8.95 Å². The number of piperidine rings is 1. The summed E-state index contributed by atoms with van der Waals surface area (Å²) in [5.74, 6) is 2.07. The number of aromatic amines is 1. The number of nitrogens with zero attached hydrogens (tertiary/aromatic N) is 1. The summed E-state index contributed by atoms with van der Waals surface area (Å²) in [7, 11) is -1.12. The lowest BCUT2D eigenvalue weighted by Gasteiger charge is -2.26. The SMILES string of the molecule is Cc1cc(Nc2cc(Nc3ccccc3S(=O)C(C)C)c3cc[nH]c3n2)c(OC(C)C)cc1C1CCNCC1. The number of pyridine rings is 1. The second kappa shape index (κ2) is 11.8. The van der Waals surface area contributed by atoms with Crippen LogP contribution in [-0.2, 0) is 10.8 Å². The molecule has 0 aliphatic carbocycles. The van der Waals surface area contributed by atoms with Gasteiger partial charge in [0, 0.05) is 22.9 Å². The number of rotatable bonds is 9. The van der Waals surface area contributed by atoms with E-state index in [0.29, 0.717) is 11.7 Å². The van der Waals surface area contributed by atoms with E-state index < -0.39 is 10.8 Å². The van der Waals surface area contributed by atoms with Gasteiger partial charge in [0.2, 0.25) is 0 Å². The van der Waals surface area contributed by atoms with Crippen LogP contribution < -0.4 is 20.7 Å². The molecule has 4 N–H and O–H groups in total. The first-order chi connectivity index (χ1) is 18.8. The van der Waals surface area contributed by atoms with Gasteiger partial charge in [0.1, 0.15) is 17.2 Å². The average molecular weight is 546 g/mol. The van der Waals surface area contributed by atoms with Crippen molar-refractivity contribution in [3.8, 4) is 5.75 Å². The molecule has 0 amide bonds. The molecule has 4 aromatic rings. The van der Waals surface area contributed by atoms with Crippen molar-refractivity contribution in [3.63, 3.8) is 0 Å². The van der Waals surface area contributed by atoms with Crippen molar-refractivity contribution in [1.82, 2.24) is 15.3 Å². The first-order valence-corrected chi connectivity index (χ1v) is 15.0. The molecule has 1 fully saturated rings. The predicted octanol–water partition coefficient (Wildman–Crippen LogP) is 7.13. The fraction of sp³-hybridized carbons (Fsp3) is 0.387. The van der Waals surface area contributed by atoms with Crippen LogP contribution in [0.25, 0.3) is 11.0 Å². The maximum atomic E-state index is 13.0. The highest BCUT2D eigenvalue weighted by Crippen LogP contribution is 2.38. The minimum absolute atomic E-state index is 0.0188. The molecule has 2 aromatic carbocycles. The highest BCUT2D eigenvalue weighted by molar-refractivity contribution is 7.85. The van der Waals surface area contributed by atoms with E-state index in [0.717, 1.165) is 64.7 Å². The molecule has 0 radical (unpaired) electrons. The van der Waals surface area contributed by atoms with Crippen molar-refractivity contribution in [2.45, 2.75) is 69.6 Å². The lowest BCUT2D eigenvalue weighted by Crippen LogP contribution is -2.27. The lowest BCUT2D eigenvalue weighted by atomic mass is 9.87. The van der Waals surface area contributed by atoms with Gasteiger partial charge in [0.05, 0.1) is 38.9 Å². The number of fused-ring (bicyclic) bond motifs is 1. The fourth-order valence-electron chi connectivity index (χ4n) is 5.21. The Bertz CT molecular complexity index is 1470. The molecule has 0 bridgehead atoms. The van der Waals surface area contributed by atoms with Crippen LogP contribution in [0.3, 0.4) is 0 Å². The number of hydrogen-bond acceptors (Lipinski definition) is 6. The monoisotopic (exact) mass is 545 g/mol. The summed E-state index contributed by atoms with van der Waals surface area (Å²) in [6.45, 7) is 12.3. The van der Waals surface area contributed by atoms with E-state index in [-0.39, 0.29) is 11.4 Å². The van der Waals surface area contributed by atoms with Gasteiger partial charge < -0.3 is 25.7 Å². The third-order valence-electron chi connectivity index (χ3n) is 7.10. The minimum atomic E-state index is -1.12. The van der Waals surface area contributed by atoms with E-state index in [9.17, 15) is 4.21 Å². The van der Waals surface area contributed by atoms with Crippen molar-refractivity contribution in [1.29, 1.82) is 0 Å². The molecule has 1 unspecified atom stereocenters. The Kier molecular flexibility index (Phi) is 8.23. The van der Waals surface area contributed by atoms with Gasteiger partial charge in [-0.05, 0) is 94.1 Å². The summed E-state index contributed by atoms with van der Waals surface area (Å²) in [4.78, 5) is 8.89. The molecule has 1 saturated heterocycles. The maximum absolute atomic E-state index is 13.0. The van der Waals surface area contributed by atoms with E-state index in [1.807, 2.05) is 56.4 Å². The summed E-state index contributed by atoms with van der Waals surface area (Å²) >= 11 is 0. The normalized spacial score (nSPS) is 15.2. The largest absolute Gasteiger partial charge is 0.489 e. The molecule has 1 atom stereocenters. The summed E-state index contributed by atoms with van der Waals surface area (Å²) < 4.78 is 19.3. The van der Waals surface area contributed by atoms with Crippen LogP contribution in [0.15, 0.2) is 59.6 Å². The van der Waals surface area contributed by atoms with Gasteiger partial charge in [-0.25, -0.2) is 4.98 Å². The van der Waals surface area contributed by atoms with E-state index in [1.54, 1.807) is 0 Å². The molecule has 2 aromatic heterocycles. The van der Waals surface area contributed by atoms with Crippen LogP contribution in [0, 0.1) is 6.92 Å². The molecule has 5 rings (SSSR count). The van der Waals surface area contributed by atoms with Crippen molar-refractivity contribution in [2.24, 2.45) is 0 Å². The van der Waals surface area contributed by atoms with E-state index in [2.05, 4.69) is 53.8 Å². The van der Waals surface area contributed by atoms with E-state index in [4.69, 9.17) is 9.72 Å². The molecule has 7 nitrogen and oxygen atoms in total. The highest BCUT2D eigenvalue weighted by Gasteiger charge is 2.21. The second-order valence-corrected chi connectivity index (χ2v) is 12.8. The first kappa shape index (κ1) is 27.2. The van der Waals surface area contributed by atoms with Crippen molar-refractivity contribution in [2.75, 3.05) is 23.7 Å². The number of anilines is 4. The summed E-state index contributed by atoms with van der Waals surface area (Å²) in [6, 6.07) is 16.2. The van der Waals surface area contributed by atoms with Gasteiger partial charge in [-0.2, -0.15) is 0 Å². The van der Waals surface area contributed by atoms with Gasteiger partial charge in [-0.1, -0.05) is 26.0 Å². The van der Waals surface area contributed by atoms with Crippen LogP contribution in [0.1, 0.15) is 57.6 Å². The molecular formula is C31H39N5O2S. The lowest BCUT2D eigenvalue weighted by molar-refractivity contribution is 0.243. The van der Waals surface area contributed by atoms with Crippen LogP contribution >= 0.6 is 0 Å². The zero-order chi connectivity index (χ0) is 27.5. The van der Waals surface area contributed by atoms with Crippen LogP contribution in [0.2, 0.25) is 0 Å². The zero-order valence-electron chi connectivity index (χ0n) is 23.4. The fourth-order valence-corrected chi connectivity index (χ4v) is 6.27. The van der Waals surface area contributed by atoms with Crippen molar-refractivity contribution >= 4 is 44.7 Å². The smallest absolute Gasteiger partial charge is 0.143 e. The van der Waals surface area contributed by atoms with Crippen molar-refractivity contribution in [3.05, 3.63) is 65.9 Å². The number of ether oxygens (including phenoxy) is 1. The Balaban J connectivity index is 1.51. The Labute approximate surface area is 233 Å². The molecule has 8 heteroatoms. The predicted molar refractivity (Wildman–Crippen MR) is 162 cm³/mol. The molecule has 1 aliphatic rings. The molecular weight excluding hydrogens is 506 g/mol. The average Bonchev–Trinajstić information content (AvgIpc) is 3.39. The van der Waals surface area contributed by atoms with E-state index >= 15 is 0 Å². The van der Waals surface area contributed by atoms with Gasteiger partial charge in [0.15, 0.2) is 0 Å². The number of aromatic nitrogens is 2. The van der Waals surface area contributed by atoms with Crippen LogP contribution in [0.4, 0.5) is 22.9 Å². The second-order valence-electron chi connectivity index (χ2n) is 10.8. The van der Waals surface area contributed by atoms with E-state index in [1.165, 1.54) is 11.1 Å². The first-order valence-electron chi connectivity index (χ1n) is 13.8. The summed E-state index contributed by atoms with van der Waals surface area (Å²) in [5.41, 5.74) is 5.98. The number of para-hydroxylation sites is 1. The Hall–Kier alpha value is -3.36. The molecule has 0 spiro atoms. The Morgan fingerprint density at radius 1 is 0.974 bits per heavy atom. The number of benzene rings is 2. The van der Waals surface area contributed by atoms with Gasteiger partial charge >= 0.3 is 0 Å². The molecule has 39 heavy (non-hydrogen) atoms. The standard InChI is InChI=1S/C31H39N5O2S/c1-19(2)38-28-17-24(22-10-13-32-14-11-22)21(5)16-27(28)35-30-18-26(23-12-15-33-31(23)36-30)34-25-8-6-7-9-29(25)39(37)20(3)4/h6-9,12,15-20,22,32H,10-11,13-14H2,1-5H3,(H3,33,34,35,36). The van der Waals surface area contributed by atoms with Gasteiger partial charge in [-0.3, -0.25) is 4.21 Å². The quantitative estimate of drug-likeness (QED) is 0.179. The molecule has 3 heterocycles. The third-order valence-corrected chi connectivity index (χ3v) is 8.75. The number of aryl methyl sites for hydroxylation is 1. The molecule has 0 saturated carbocycles. The van der Waals surface area contributed by atoms with Crippen LogP contribution in [-0.4, -0.2) is 38.6 Å². The highest BCUT2D eigenvalue weighted by atomic mass is 32.2. The Morgan fingerprint density at radius 2 is 1.74 bits per heavy atom. The number of hydrogen-bond donors (Lipinski definition) is 4. The summed E-state index contributed by atoms with van der Waals surface area (Å²) in [5, 5.41) is 11.5. The van der Waals surface area contributed by atoms with Crippen LogP contribution in [0.5, 0.6) is 5.75 Å². The maximum Gasteiger partial charge on any atom is 0.143 e.